The molecule has 0 amide bonds. The zero-order valence-corrected chi connectivity index (χ0v) is 10.9. The zero-order chi connectivity index (χ0) is 13.5. The first-order valence-electron chi connectivity index (χ1n) is 6.71. The van der Waals surface area contributed by atoms with Crippen molar-refractivity contribution < 1.29 is 4.42 Å². The predicted octanol–water partition coefficient (Wildman–Crippen LogP) is 3.49. The first-order chi connectivity index (χ1) is 9.83. The van der Waals surface area contributed by atoms with Gasteiger partial charge >= 0.3 is 0 Å². The maximum Gasteiger partial charge on any atom is 0.204 e. The van der Waals surface area contributed by atoms with E-state index in [1.807, 2.05) is 30.3 Å². The average molecular weight is 263 g/mol. The third kappa shape index (κ3) is 1.63. The Balaban J connectivity index is 1.90. The molecule has 1 aromatic heterocycles. The van der Waals surface area contributed by atoms with Crippen LogP contribution in [0.3, 0.4) is 0 Å². The van der Waals surface area contributed by atoms with E-state index in [1.54, 1.807) is 12.1 Å². The molecule has 4 rings (SSSR count). The summed E-state index contributed by atoms with van der Waals surface area (Å²) in [5.41, 5.74) is 3.07. The van der Waals surface area contributed by atoms with Gasteiger partial charge in [0.05, 0.1) is 5.39 Å². The fourth-order valence-corrected chi connectivity index (χ4v) is 2.79. The van der Waals surface area contributed by atoms with E-state index in [1.165, 1.54) is 5.56 Å². The monoisotopic (exact) mass is 263 g/mol. The molecular formula is C17H13NO2. The Morgan fingerprint density at radius 1 is 1.00 bits per heavy atom. The van der Waals surface area contributed by atoms with Crippen molar-refractivity contribution in [3.63, 3.8) is 0 Å². The lowest BCUT2D eigenvalue weighted by molar-refractivity contribution is 0.597. The highest BCUT2D eigenvalue weighted by molar-refractivity contribution is 5.78. The number of para-hydroxylation sites is 2. The number of hydrogen-bond acceptors (Lipinski definition) is 3. The molecule has 0 unspecified atom stereocenters. The molecule has 98 valence electrons. The van der Waals surface area contributed by atoms with Gasteiger partial charge in [0.25, 0.3) is 0 Å². The summed E-state index contributed by atoms with van der Waals surface area (Å²) in [7, 11) is 0. The number of nitrogens with zero attached hydrogens (tertiary/aromatic N) is 1. The fraction of sp³-hybridized carbons (Fsp3) is 0.118. The highest BCUT2D eigenvalue weighted by Gasteiger charge is 2.22. The highest BCUT2D eigenvalue weighted by atomic mass is 16.4. The van der Waals surface area contributed by atoms with Crippen LogP contribution < -0.4 is 10.3 Å². The van der Waals surface area contributed by atoms with E-state index in [9.17, 15) is 4.79 Å². The quantitative estimate of drug-likeness (QED) is 0.674. The Bertz CT molecular complexity index is 851. The summed E-state index contributed by atoms with van der Waals surface area (Å²) in [5, 5.41) is 0.628. The fourth-order valence-electron chi connectivity index (χ4n) is 2.79. The van der Waals surface area contributed by atoms with Crippen LogP contribution in [0.2, 0.25) is 0 Å². The van der Waals surface area contributed by atoms with E-state index in [0.717, 1.165) is 18.7 Å². The number of hydrogen-bond donors (Lipinski definition) is 0. The molecule has 0 aliphatic carbocycles. The van der Waals surface area contributed by atoms with Crippen molar-refractivity contribution >= 4 is 22.5 Å². The summed E-state index contributed by atoms with van der Waals surface area (Å²) in [6.07, 6.45) is 0.979. The topological polar surface area (TPSA) is 33.5 Å². The minimum absolute atomic E-state index is 0.00577. The van der Waals surface area contributed by atoms with Crippen molar-refractivity contribution in [2.45, 2.75) is 6.42 Å². The predicted molar refractivity (Wildman–Crippen MR) is 79.6 cm³/mol. The van der Waals surface area contributed by atoms with Gasteiger partial charge in [-0.3, -0.25) is 4.79 Å². The second-order valence-electron chi connectivity index (χ2n) is 4.98. The molecule has 2 aromatic carbocycles. The van der Waals surface area contributed by atoms with Crippen LogP contribution in [0.1, 0.15) is 5.56 Å². The van der Waals surface area contributed by atoms with E-state index in [4.69, 9.17) is 4.42 Å². The van der Waals surface area contributed by atoms with Crippen molar-refractivity contribution in [2.24, 2.45) is 0 Å². The van der Waals surface area contributed by atoms with Gasteiger partial charge < -0.3 is 9.32 Å². The van der Waals surface area contributed by atoms with Gasteiger partial charge in [0.2, 0.25) is 5.88 Å². The minimum Gasteiger partial charge on any atom is -0.440 e. The first-order valence-corrected chi connectivity index (χ1v) is 6.71. The molecule has 0 saturated carbocycles. The Kier molecular flexibility index (Phi) is 2.39. The van der Waals surface area contributed by atoms with Crippen molar-refractivity contribution in [3.8, 4) is 0 Å². The molecule has 20 heavy (non-hydrogen) atoms. The second kappa shape index (κ2) is 4.23. The zero-order valence-electron chi connectivity index (χ0n) is 10.9. The number of fused-ring (bicyclic) bond motifs is 2. The molecule has 1 aliphatic heterocycles. The standard InChI is InChI=1S/C17H13NO2/c19-15-11-17(20-16-8-4-2-6-13(15)16)18-10-9-12-5-1-3-7-14(12)18/h1-8,11H,9-10H2. The molecule has 3 aromatic rings. The normalized spacial score (nSPS) is 13.7. The molecule has 0 bridgehead atoms. The van der Waals surface area contributed by atoms with Crippen LogP contribution in [0, 0.1) is 0 Å². The van der Waals surface area contributed by atoms with Crippen LogP contribution in [0.4, 0.5) is 11.6 Å². The van der Waals surface area contributed by atoms with Crippen molar-refractivity contribution in [2.75, 3.05) is 11.4 Å². The second-order valence-corrected chi connectivity index (χ2v) is 4.98. The van der Waals surface area contributed by atoms with Gasteiger partial charge in [-0.05, 0) is 30.2 Å². The van der Waals surface area contributed by atoms with Gasteiger partial charge in [0.15, 0.2) is 5.43 Å². The molecule has 0 saturated heterocycles. The number of rotatable bonds is 1. The molecule has 0 N–H and O–H groups in total. The van der Waals surface area contributed by atoms with Crippen LogP contribution in [0.25, 0.3) is 11.0 Å². The lowest BCUT2D eigenvalue weighted by Gasteiger charge is -2.17. The minimum atomic E-state index is 0.00577. The average Bonchev–Trinajstić information content (AvgIpc) is 2.91. The smallest absolute Gasteiger partial charge is 0.204 e. The van der Waals surface area contributed by atoms with Gasteiger partial charge in [-0.25, -0.2) is 0 Å². The summed E-state index contributed by atoms with van der Waals surface area (Å²) in [5.74, 6) is 0.624. The van der Waals surface area contributed by atoms with Crippen molar-refractivity contribution in [1.29, 1.82) is 0 Å². The summed E-state index contributed by atoms with van der Waals surface area (Å²) in [6, 6.07) is 17.2. The van der Waals surface area contributed by atoms with E-state index in [0.29, 0.717) is 16.9 Å². The number of anilines is 2. The lowest BCUT2D eigenvalue weighted by Crippen LogP contribution is -2.15. The number of benzene rings is 2. The Morgan fingerprint density at radius 2 is 1.80 bits per heavy atom. The molecule has 2 heterocycles. The van der Waals surface area contributed by atoms with Crippen LogP contribution in [0.15, 0.2) is 63.8 Å². The largest absolute Gasteiger partial charge is 0.440 e. The molecule has 3 nitrogen and oxygen atoms in total. The van der Waals surface area contributed by atoms with E-state index in [-0.39, 0.29) is 5.43 Å². The van der Waals surface area contributed by atoms with Crippen LogP contribution in [-0.4, -0.2) is 6.54 Å². The summed E-state index contributed by atoms with van der Waals surface area (Å²) < 4.78 is 5.91. The van der Waals surface area contributed by atoms with Crippen LogP contribution >= 0.6 is 0 Å². The first kappa shape index (κ1) is 11.3. The van der Waals surface area contributed by atoms with Gasteiger partial charge in [0, 0.05) is 18.3 Å². The van der Waals surface area contributed by atoms with Crippen molar-refractivity contribution in [1.82, 2.24) is 0 Å². The molecule has 3 heteroatoms. The van der Waals surface area contributed by atoms with E-state index >= 15 is 0 Å². The SMILES string of the molecule is O=c1cc(N2CCc3ccccc32)oc2ccccc12. The van der Waals surface area contributed by atoms with Gasteiger partial charge in [-0.15, -0.1) is 0 Å². The maximum atomic E-state index is 12.2. The van der Waals surface area contributed by atoms with Crippen LogP contribution in [0.5, 0.6) is 0 Å². The molecule has 0 spiro atoms. The van der Waals surface area contributed by atoms with E-state index in [2.05, 4.69) is 17.0 Å². The van der Waals surface area contributed by atoms with Gasteiger partial charge in [-0.1, -0.05) is 30.3 Å². The molecule has 1 aliphatic rings. The van der Waals surface area contributed by atoms with Crippen molar-refractivity contribution in [3.05, 3.63) is 70.4 Å². The molecule has 0 fully saturated rings. The van der Waals surface area contributed by atoms with Crippen LogP contribution in [-0.2, 0) is 6.42 Å². The molecular weight excluding hydrogens is 250 g/mol. The maximum absolute atomic E-state index is 12.2. The van der Waals surface area contributed by atoms with Gasteiger partial charge in [-0.2, -0.15) is 0 Å². The molecule has 0 radical (unpaired) electrons. The third-order valence-corrected chi connectivity index (χ3v) is 3.77. The van der Waals surface area contributed by atoms with Gasteiger partial charge in [0.1, 0.15) is 5.58 Å². The Labute approximate surface area is 116 Å². The Hall–Kier alpha value is -2.55. The summed E-state index contributed by atoms with van der Waals surface area (Å²) in [6.45, 7) is 0.848. The Morgan fingerprint density at radius 3 is 2.75 bits per heavy atom. The third-order valence-electron chi connectivity index (χ3n) is 3.77. The lowest BCUT2D eigenvalue weighted by atomic mass is 10.2. The summed E-state index contributed by atoms with van der Waals surface area (Å²) in [4.78, 5) is 14.3. The summed E-state index contributed by atoms with van der Waals surface area (Å²) >= 11 is 0. The molecule has 0 atom stereocenters. The highest BCUT2D eigenvalue weighted by Crippen LogP contribution is 2.34. The van der Waals surface area contributed by atoms with E-state index < -0.39 is 0 Å².